The van der Waals surface area contributed by atoms with Gasteiger partial charge in [-0.05, 0) is 37.6 Å². The fourth-order valence-corrected chi connectivity index (χ4v) is 3.18. The summed E-state index contributed by atoms with van der Waals surface area (Å²) in [6.45, 7) is 8.42. The van der Waals surface area contributed by atoms with E-state index in [1.165, 1.54) is 0 Å². The van der Waals surface area contributed by atoms with E-state index in [2.05, 4.69) is 43.3 Å². The summed E-state index contributed by atoms with van der Waals surface area (Å²) >= 11 is 3.39. The molecule has 26 heavy (non-hydrogen) atoms. The van der Waals surface area contributed by atoms with Crippen LogP contribution in [0.1, 0.15) is 26.7 Å². The van der Waals surface area contributed by atoms with Gasteiger partial charge in [-0.25, -0.2) is 0 Å². The molecule has 1 atom stereocenters. The van der Waals surface area contributed by atoms with Crippen molar-refractivity contribution in [2.24, 2.45) is 0 Å². The summed E-state index contributed by atoms with van der Waals surface area (Å²) in [7, 11) is 0. The molecule has 7 heteroatoms. The molecule has 6 nitrogen and oxygen atoms in total. The summed E-state index contributed by atoms with van der Waals surface area (Å²) in [5.74, 6) is 0.0889. The molecule has 0 aromatic heterocycles. The Morgan fingerprint density at radius 3 is 2.42 bits per heavy atom. The van der Waals surface area contributed by atoms with E-state index >= 15 is 0 Å². The molecule has 0 saturated carbocycles. The van der Waals surface area contributed by atoms with E-state index in [4.69, 9.17) is 0 Å². The molecule has 2 N–H and O–H groups in total. The molecule has 1 aromatic rings. The molecule has 0 bridgehead atoms. The summed E-state index contributed by atoms with van der Waals surface area (Å²) in [4.78, 5) is 28.7. The zero-order valence-corrected chi connectivity index (χ0v) is 17.2. The van der Waals surface area contributed by atoms with Crippen LogP contribution in [0.3, 0.4) is 0 Å². The number of anilines is 1. The molecule has 0 spiro atoms. The maximum atomic E-state index is 12.5. The minimum Gasteiger partial charge on any atom is -0.355 e. The molecule has 1 fully saturated rings. The van der Waals surface area contributed by atoms with E-state index in [0.29, 0.717) is 6.54 Å². The van der Waals surface area contributed by atoms with Gasteiger partial charge in [0.15, 0.2) is 0 Å². The number of carbonyl (C=O) groups is 2. The number of carbonyl (C=O) groups excluding carboxylic acids is 2. The number of amides is 2. The zero-order valence-electron chi connectivity index (χ0n) is 15.6. The highest BCUT2D eigenvalue weighted by Crippen LogP contribution is 2.15. The maximum Gasteiger partial charge on any atom is 0.241 e. The molecule has 0 radical (unpaired) electrons. The van der Waals surface area contributed by atoms with Gasteiger partial charge in [0.2, 0.25) is 11.8 Å². The Balaban J connectivity index is 1.73. The van der Waals surface area contributed by atoms with E-state index in [0.717, 1.165) is 55.7 Å². The molecule has 2 rings (SSSR count). The monoisotopic (exact) mass is 424 g/mol. The van der Waals surface area contributed by atoms with Crippen LogP contribution >= 0.6 is 15.9 Å². The lowest BCUT2D eigenvalue weighted by molar-refractivity contribution is -0.124. The largest absolute Gasteiger partial charge is 0.355 e. The summed E-state index contributed by atoms with van der Waals surface area (Å²) in [5, 5.41) is 5.91. The summed E-state index contributed by atoms with van der Waals surface area (Å²) < 4.78 is 0.985. The number of nitrogens with zero attached hydrogens (tertiary/aromatic N) is 2. The first-order valence-corrected chi connectivity index (χ1v) is 10.1. The fourth-order valence-electron chi connectivity index (χ4n) is 2.92. The lowest BCUT2D eigenvalue weighted by Gasteiger charge is -2.37. The van der Waals surface area contributed by atoms with Crippen molar-refractivity contribution >= 4 is 33.4 Å². The highest BCUT2D eigenvalue weighted by molar-refractivity contribution is 9.10. The number of hydrogen-bond acceptors (Lipinski definition) is 4. The summed E-state index contributed by atoms with van der Waals surface area (Å²) in [6.07, 6.45) is 2.10. The SMILES string of the molecule is CCCCNC(=O)CN1CCN([C@@H](C)C(=O)Nc2ccc(Br)cc2)CC1. The van der Waals surface area contributed by atoms with Crippen molar-refractivity contribution in [1.82, 2.24) is 15.1 Å². The van der Waals surface area contributed by atoms with E-state index in [-0.39, 0.29) is 17.9 Å². The first-order chi connectivity index (χ1) is 12.5. The van der Waals surface area contributed by atoms with Gasteiger partial charge < -0.3 is 10.6 Å². The van der Waals surface area contributed by atoms with Crippen molar-refractivity contribution in [3.63, 3.8) is 0 Å². The Morgan fingerprint density at radius 2 is 1.81 bits per heavy atom. The van der Waals surface area contributed by atoms with Crippen molar-refractivity contribution < 1.29 is 9.59 Å². The molecule has 2 amide bonds. The Morgan fingerprint density at radius 1 is 1.15 bits per heavy atom. The van der Waals surface area contributed by atoms with Crippen LogP contribution in [0.2, 0.25) is 0 Å². The average molecular weight is 425 g/mol. The summed E-state index contributed by atoms with van der Waals surface area (Å²) in [5.41, 5.74) is 0.799. The second-order valence-corrected chi connectivity index (χ2v) is 7.60. The highest BCUT2D eigenvalue weighted by Gasteiger charge is 2.26. The van der Waals surface area contributed by atoms with Gasteiger partial charge in [0.05, 0.1) is 12.6 Å². The molecule has 0 unspecified atom stereocenters. The molecule has 1 aliphatic rings. The number of rotatable bonds is 8. The number of piperazine rings is 1. The van der Waals surface area contributed by atoms with Gasteiger partial charge >= 0.3 is 0 Å². The van der Waals surface area contributed by atoms with Crippen molar-refractivity contribution in [2.75, 3.05) is 44.6 Å². The Bertz CT molecular complexity index is 586. The molecule has 1 saturated heterocycles. The molecular formula is C19H29BrN4O2. The quantitative estimate of drug-likeness (QED) is 0.628. The van der Waals surface area contributed by atoms with Crippen LogP contribution in [0.15, 0.2) is 28.7 Å². The third-order valence-electron chi connectivity index (χ3n) is 4.67. The average Bonchev–Trinajstić information content (AvgIpc) is 2.64. The number of benzene rings is 1. The zero-order chi connectivity index (χ0) is 18.9. The predicted octanol–water partition coefficient (Wildman–Crippen LogP) is 2.31. The van der Waals surface area contributed by atoms with Gasteiger partial charge in [0.25, 0.3) is 0 Å². The number of nitrogens with one attached hydrogen (secondary N) is 2. The number of unbranched alkanes of at least 4 members (excludes halogenated alkanes) is 1. The standard InChI is InChI=1S/C19H29BrN4O2/c1-3-4-9-21-18(25)14-23-10-12-24(13-11-23)15(2)19(26)22-17-7-5-16(20)6-8-17/h5-8,15H,3-4,9-14H2,1-2H3,(H,21,25)(H,22,26)/t15-/m0/s1. The van der Waals surface area contributed by atoms with Crippen LogP contribution in [-0.2, 0) is 9.59 Å². The third-order valence-corrected chi connectivity index (χ3v) is 5.19. The van der Waals surface area contributed by atoms with E-state index in [1.54, 1.807) is 0 Å². The van der Waals surface area contributed by atoms with Gasteiger partial charge in [-0.15, -0.1) is 0 Å². The predicted molar refractivity (Wildman–Crippen MR) is 108 cm³/mol. The van der Waals surface area contributed by atoms with Gasteiger partial charge in [-0.1, -0.05) is 29.3 Å². The van der Waals surface area contributed by atoms with Crippen LogP contribution in [0.5, 0.6) is 0 Å². The normalized spacial score (nSPS) is 16.9. The van der Waals surface area contributed by atoms with Crippen molar-refractivity contribution in [2.45, 2.75) is 32.7 Å². The van der Waals surface area contributed by atoms with Gasteiger partial charge in [0.1, 0.15) is 0 Å². The molecule has 1 heterocycles. The summed E-state index contributed by atoms with van der Waals surface area (Å²) in [6, 6.07) is 7.38. The van der Waals surface area contributed by atoms with Gasteiger partial charge in [0, 0.05) is 42.9 Å². The Kier molecular flexibility index (Phi) is 8.54. The van der Waals surface area contributed by atoms with Gasteiger partial charge in [-0.2, -0.15) is 0 Å². The van der Waals surface area contributed by atoms with Gasteiger partial charge in [-0.3, -0.25) is 19.4 Å². The highest BCUT2D eigenvalue weighted by atomic mass is 79.9. The molecule has 144 valence electrons. The van der Waals surface area contributed by atoms with E-state index in [1.807, 2.05) is 31.2 Å². The molecule has 1 aromatic carbocycles. The molecule has 1 aliphatic heterocycles. The van der Waals surface area contributed by atoms with Crippen molar-refractivity contribution in [1.29, 1.82) is 0 Å². The maximum absolute atomic E-state index is 12.5. The first-order valence-electron chi connectivity index (χ1n) is 9.29. The number of halogens is 1. The lowest BCUT2D eigenvalue weighted by Crippen LogP contribution is -2.54. The first kappa shape index (κ1) is 20.9. The fraction of sp³-hybridized carbons (Fsp3) is 0.579. The molecule has 0 aliphatic carbocycles. The minimum atomic E-state index is -0.195. The molecular weight excluding hydrogens is 396 g/mol. The Labute approximate surface area is 164 Å². The smallest absolute Gasteiger partial charge is 0.241 e. The van der Waals surface area contributed by atoms with Crippen LogP contribution in [0, 0.1) is 0 Å². The topological polar surface area (TPSA) is 64.7 Å². The minimum absolute atomic E-state index is 0.00178. The lowest BCUT2D eigenvalue weighted by atomic mass is 10.2. The number of hydrogen-bond donors (Lipinski definition) is 2. The van der Waals surface area contributed by atoms with Crippen LogP contribution in [0.4, 0.5) is 5.69 Å². The second-order valence-electron chi connectivity index (χ2n) is 6.69. The van der Waals surface area contributed by atoms with Crippen molar-refractivity contribution in [3.05, 3.63) is 28.7 Å². The van der Waals surface area contributed by atoms with Crippen LogP contribution in [-0.4, -0.2) is 66.9 Å². The van der Waals surface area contributed by atoms with Crippen LogP contribution in [0.25, 0.3) is 0 Å². The van der Waals surface area contributed by atoms with E-state index < -0.39 is 0 Å². The third kappa shape index (κ3) is 6.70. The van der Waals surface area contributed by atoms with Crippen molar-refractivity contribution in [3.8, 4) is 0 Å². The second kappa shape index (κ2) is 10.6. The van der Waals surface area contributed by atoms with E-state index in [9.17, 15) is 9.59 Å². The van der Waals surface area contributed by atoms with Crippen LogP contribution < -0.4 is 10.6 Å². The Hall–Kier alpha value is -1.44.